The summed E-state index contributed by atoms with van der Waals surface area (Å²) in [5.74, 6) is 0.121. The molecule has 0 aliphatic heterocycles. The zero-order chi connectivity index (χ0) is 12.1. The second kappa shape index (κ2) is 11.6. The highest BCUT2D eigenvalue weighted by Gasteiger charge is 1.92. The van der Waals surface area contributed by atoms with Gasteiger partial charge in [-0.15, -0.1) is 0 Å². The summed E-state index contributed by atoms with van der Waals surface area (Å²) in [5, 5.41) is 10.8. The zero-order valence-corrected chi connectivity index (χ0v) is 8.11. The number of rotatable bonds is 1. The van der Waals surface area contributed by atoms with Crippen LogP contribution < -0.4 is 0 Å². The fourth-order valence-corrected chi connectivity index (χ4v) is 0.673. The number of carbonyl (C=O) groups excluding carboxylic acids is 3. The maximum Gasteiger partial charge on any atom is 0.231 e. The SMILES string of the molecule is CC(=O)c1ccccc1.N=C=O.N=C=O. The Balaban J connectivity index is 0. The second-order valence-electron chi connectivity index (χ2n) is 2.13. The Kier molecular flexibility index (Phi) is 11.8. The highest BCUT2D eigenvalue weighted by Crippen LogP contribution is 1.97. The van der Waals surface area contributed by atoms with Crippen molar-refractivity contribution in [2.45, 2.75) is 6.92 Å². The Morgan fingerprint density at radius 1 is 1.07 bits per heavy atom. The minimum atomic E-state index is 0.121. The van der Waals surface area contributed by atoms with Gasteiger partial charge in [0, 0.05) is 5.56 Å². The number of hydrogen-bond donors (Lipinski definition) is 2. The Bertz CT molecular complexity index is 336. The van der Waals surface area contributed by atoms with Crippen LogP contribution in [0.3, 0.4) is 0 Å². The summed E-state index contributed by atoms with van der Waals surface area (Å²) in [6.45, 7) is 1.56. The number of Topliss-reactive ketones (excluding diaryl/α,β-unsaturated/α-hetero) is 1. The van der Waals surface area contributed by atoms with E-state index in [0.29, 0.717) is 0 Å². The third kappa shape index (κ3) is 11.7. The number of carbonyl (C=O) groups is 1. The van der Waals surface area contributed by atoms with E-state index in [-0.39, 0.29) is 5.78 Å². The normalized spacial score (nSPS) is 6.47. The molecular formula is C10H10N2O3. The standard InChI is InChI=1S/C8H8O.2CHNO/c1-7(9)8-5-3-2-4-6-8;2*2-1-3/h2-6H,1H3;2*2H. The van der Waals surface area contributed by atoms with Crippen molar-refractivity contribution in [3.63, 3.8) is 0 Å². The molecule has 0 atom stereocenters. The van der Waals surface area contributed by atoms with Crippen LogP contribution in [0, 0.1) is 10.8 Å². The molecule has 1 rings (SSSR count). The van der Waals surface area contributed by atoms with E-state index in [1.807, 2.05) is 30.3 Å². The van der Waals surface area contributed by atoms with E-state index >= 15 is 0 Å². The summed E-state index contributed by atoms with van der Waals surface area (Å²) in [6, 6.07) is 9.23. The van der Waals surface area contributed by atoms with Crippen molar-refractivity contribution in [2.75, 3.05) is 0 Å². The van der Waals surface area contributed by atoms with Gasteiger partial charge in [0.05, 0.1) is 0 Å². The third-order valence-electron chi connectivity index (χ3n) is 1.18. The Morgan fingerprint density at radius 3 is 1.60 bits per heavy atom. The number of isocyanates is 2. The van der Waals surface area contributed by atoms with Crippen molar-refractivity contribution in [3.8, 4) is 0 Å². The van der Waals surface area contributed by atoms with Crippen molar-refractivity contribution < 1.29 is 14.4 Å². The molecule has 0 aliphatic rings. The van der Waals surface area contributed by atoms with Gasteiger partial charge in [0.1, 0.15) is 0 Å². The Labute approximate surface area is 86.8 Å². The first-order chi connectivity index (χ1) is 7.13. The zero-order valence-electron chi connectivity index (χ0n) is 8.11. The van der Waals surface area contributed by atoms with Crippen LogP contribution in [0.25, 0.3) is 0 Å². The molecule has 0 heterocycles. The molecule has 2 N–H and O–H groups in total. The Hall–Kier alpha value is -2.35. The van der Waals surface area contributed by atoms with Crippen LogP contribution >= 0.6 is 0 Å². The average molecular weight is 206 g/mol. The van der Waals surface area contributed by atoms with Crippen molar-refractivity contribution in [3.05, 3.63) is 35.9 Å². The molecule has 0 fully saturated rings. The molecule has 78 valence electrons. The lowest BCUT2D eigenvalue weighted by molar-refractivity contribution is 0.101. The van der Waals surface area contributed by atoms with Gasteiger partial charge in [0.2, 0.25) is 12.2 Å². The minimum absolute atomic E-state index is 0.121. The smallest absolute Gasteiger partial charge is 0.231 e. The summed E-state index contributed by atoms with van der Waals surface area (Å²) >= 11 is 0. The van der Waals surface area contributed by atoms with Crippen LogP contribution in [-0.2, 0) is 9.59 Å². The van der Waals surface area contributed by atoms with Crippen LogP contribution in [0.5, 0.6) is 0 Å². The molecule has 0 unspecified atom stereocenters. The van der Waals surface area contributed by atoms with E-state index in [2.05, 4.69) is 0 Å². The Morgan fingerprint density at radius 2 is 1.40 bits per heavy atom. The van der Waals surface area contributed by atoms with Crippen molar-refractivity contribution in [1.82, 2.24) is 0 Å². The van der Waals surface area contributed by atoms with Crippen molar-refractivity contribution in [1.29, 1.82) is 10.8 Å². The molecule has 0 saturated carbocycles. The van der Waals surface area contributed by atoms with Crippen molar-refractivity contribution >= 4 is 17.9 Å². The predicted molar refractivity (Wildman–Crippen MR) is 53.3 cm³/mol. The highest BCUT2D eigenvalue weighted by molar-refractivity contribution is 5.93. The summed E-state index contributed by atoms with van der Waals surface area (Å²) in [4.78, 5) is 27.3. The molecule has 1 aromatic rings. The van der Waals surface area contributed by atoms with Gasteiger partial charge >= 0.3 is 0 Å². The van der Waals surface area contributed by atoms with E-state index in [4.69, 9.17) is 20.4 Å². The summed E-state index contributed by atoms with van der Waals surface area (Å²) in [6.07, 6.45) is 1.50. The molecule has 0 aromatic heterocycles. The van der Waals surface area contributed by atoms with Crippen LogP contribution in [-0.4, -0.2) is 17.9 Å². The molecule has 0 amide bonds. The average Bonchev–Trinajstić information content (AvgIpc) is 2.21. The first-order valence-corrected chi connectivity index (χ1v) is 3.77. The summed E-state index contributed by atoms with van der Waals surface area (Å²) in [5.41, 5.74) is 0.775. The maximum atomic E-state index is 10.6. The maximum absolute atomic E-state index is 10.6. The number of ketones is 1. The number of hydrogen-bond acceptors (Lipinski definition) is 5. The lowest BCUT2D eigenvalue weighted by Crippen LogP contribution is -1.88. The van der Waals surface area contributed by atoms with Crippen LogP contribution in [0.1, 0.15) is 17.3 Å². The van der Waals surface area contributed by atoms with Gasteiger partial charge in [0.15, 0.2) is 5.78 Å². The van der Waals surface area contributed by atoms with Gasteiger partial charge in [-0.3, -0.25) is 4.79 Å². The van der Waals surface area contributed by atoms with E-state index in [1.165, 1.54) is 0 Å². The van der Waals surface area contributed by atoms with E-state index in [0.717, 1.165) is 17.7 Å². The topological polar surface area (TPSA) is 98.9 Å². The van der Waals surface area contributed by atoms with E-state index in [9.17, 15) is 4.79 Å². The highest BCUT2D eigenvalue weighted by atomic mass is 16.1. The van der Waals surface area contributed by atoms with Crippen LogP contribution in [0.15, 0.2) is 30.3 Å². The van der Waals surface area contributed by atoms with Crippen molar-refractivity contribution in [2.24, 2.45) is 0 Å². The van der Waals surface area contributed by atoms with Gasteiger partial charge in [-0.05, 0) is 6.92 Å². The molecule has 1 aromatic carbocycles. The fourth-order valence-electron chi connectivity index (χ4n) is 0.673. The molecule has 0 aliphatic carbocycles. The molecule has 5 heteroatoms. The second-order valence-corrected chi connectivity index (χ2v) is 2.13. The summed E-state index contributed by atoms with van der Waals surface area (Å²) < 4.78 is 0. The largest absolute Gasteiger partial charge is 0.295 e. The third-order valence-corrected chi connectivity index (χ3v) is 1.18. The molecule has 0 saturated heterocycles. The lowest BCUT2D eigenvalue weighted by atomic mass is 10.2. The van der Waals surface area contributed by atoms with E-state index < -0.39 is 0 Å². The quantitative estimate of drug-likeness (QED) is 0.415. The van der Waals surface area contributed by atoms with Crippen LogP contribution in [0.4, 0.5) is 0 Å². The van der Waals surface area contributed by atoms with Gasteiger partial charge < -0.3 is 0 Å². The van der Waals surface area contributed by atoms with Gasteiger partial charge in [-0.1, -0.05) is 30.3 Å². The minimum Gasteiger partial charge on any atom is -0.295 e. The number of benzene rings is 1. The predicted octanol–water partition coefficient (Wildman–Crippen LogP) is 1.69. The van der Waals surface area contributed by atoms with Gasteiger partial charge in [-0.25, -0.2) is 20.4 Å². The van der Waals surface area contributed by atoms with Crippen LogP contribution in [0.2, 0.25) is 0 Å². The first-order valence-electron chi connectivity index (χ1n) is 3.77. The molecule has 5 nitrogen and oxygen atoms in total. The molecule has 0 bridgehead atoms. The molecule has 0 spiro atoms. The molecule has 0 radical (unpaired) electrons. The monoisotopic (exact) mass is 206 g/mol. The lowest BCUT2D eigenvalue weighted by Gasteiger charge is -1.89. The van der Waals surface area contributed by atoms with E-state index in [1.54, 1.807) is 6.92 Å². The number of nitrogens with one attached hydrogen (secondary N) is 2. The molecular weight excluding hydrogens is 196 g/mol. The fraction of sp³-hybridized carbons (Fsp3) is 0.100. The summed E-state index contributed by atoms with van der Waals surface area (Å²) in [7, 11) is 0. The molecule has 15 heavy (non-hydrogen) atoms. The van der Waals surface area contributed by atoms with Gasteiger partial charge in [0.25, 0.3) is 0 Å². The first kappa shape index (κ1) is 15.1. The van der Waals surface area contributed by atoms with Gasteiger partial charge in [-0.2, -0.15) is 0 Å².